The predicted octanol–water partition coefficient (Wildman–Crippen LogP) is 4.27. The molecule has 0 radical (unpaired) electrons. The lowest BCUT2D eigenvalue weighted by Crippen LogP contribution is -2.45. The summed E-state index contributed by atoms with van der Waals surface area (Å²) in [5, 5.41) is 6.00. The highest BCUT2D eigenvalue weighted by Gasteiger charge is 2.24. The van der Waals surface area contributed by atoms with E-state index in [0.717, 1.165) is 42.9 Å². The summed E-state index contributed by atoms with van der Waals surface area (Å²) in [6, 6.07) is 25.9. The second-order valence-corrected chi connectivity index (χ2v) is 7.78. The van der Waals surface area contributed by atoms with E-state index >= 15 is 0 Å². The molecule has 0 aliphatic carbocycles. The minimum atomic E-state index is -0.693. The molecule has 0 aromatic heterocycles. The Morgan fingerprint density at radius 2 is 1.42 bits per heavy atom. The van der Waals surface area contributed by atoms with Crippen LogP contribution < -0.4 is 15.5 Å². The van der Waals surface area contributed by atoms with Crippen molar-refractivity contribution in [2.45, 2.75) is 25.3 Å². The third kappa shape index (κ3) is 5.31. The summed E-state index contributed by atoms with van der Waals surface area (Å²) < 4.78 is 0. The Labute approximate surface area is 183 Å². The molecular formula is C26H27N3O2. The largest absolute Gasteiger partial charge is 0.370 e. The van der Waals surface area contributed by atoms with Crippen LogP contribution in [0.4, 0.5) is 11.4 Å². The van der Waals surface area contributed by atoms with Gasteiger partial charge in [0.25, 0.3) is 5.91 Å². The topological polar surface area (TPSA) is 61.4 Å². The second kappa shape index (κ2) is 9.94. The Morgan fingerprint density at radius 3 is 2.13 bits per heavy atom. The number of nitrogens with zero attached hydrogens (tertiary/aromatic N) is 1. The van der Waals surface area contributed by atoms with Crippen molar-refractivity contribution in [2.24, 2.45) is 0 Å². The Kier molecular flexibility index (Phi) is 6.62. The summed E-state index contributed by atoms with van der Waals surface area (Å²) in [6.45, 7) is 1.98. The zero-order valence-corrected chi connectivity index (χ0v) is 17.5. The van der Waals surface area contributed by atoms with Crippen molar-refractivity contribution in [1.29, 1.82) is 0 Å². The number of anilines is 2. The lowest BCUT2D eigenvalue weighted by Gasteiger charge is -2.24. The standard InChI is InChI=1S/C26H27N3O2/c30-25(21-13-5-2-6-14-21)28-23(19-20-11-3-1-4-12-20)26(31)27-22-15-7-8-16-24(22)29-17-9-10-18-29/h1-8,11-16,23H,9-10,17-19H2,(H,27,31)(H,28,30). The zero-order chi connectivity index (χ0) is 21.5. The van der Waals surface area contributed by atoms with Gasteiger partial charge in [0.1, 0.15) is 6.04 Å². The summed E-state index contributed by atoms with van der Waals surface area (Å²) in [7, 11) is 0. The molecule has 1 atom stereocenters. The lowest BCUT2D eigenvalue weighted by atomic mass is 10.0. The number of amides is 2. The van der Waals surface area contributed by atoms with Crippen molar-refractivity contribution >= 4 is 23.2 Å². The van der Waals surface area contributed by atoms with Gasteiger partial charge in [-0.05, 0) is 42.7 Å². The maximum atomic E-state index is 13.3. The van der Waals surface area contributed by atoms with Crippen molar-refractivity contribution in [3.63, 3.8) is 0 Å². The number of rotatable bonds is 7. The minimum absolute atomic E-state index is 0.222. The number of hydrogen-bond donors (Lipinski definition) is 2. The Morgan fingerprint density at radius 1 is 0.806 bits per heavy atom. The van der Waals surface area contributed by atoms with E-state index in [9.17, 15) is 9.59 Å². The van der Waals surface area contributed by atoms with E-state index in [2.05, 4.69) is 15.5 Å². The molecule has 1 aliphatic rings. The van der Waals surface area contributed by atoms with Crippen LogP contribution in [0.5, 0.6) is 0 Å². The Hall–Kier alpha value is -3.60. The molecule has 0 saturated carbocycles. The molecule has 0 spiro atoms. The van der Waals surface area contributed by atoms with Gasteiger partial charge in [-0.25, -0.2) is 0 Å². The molecule has 1 heterocycles. The second-order valence-electron chi connectivity index (χ2n) is 7.78. The van der Waals surface area contributed by atoms with Gasteiger partial charge < -0.3 is 15.5 Å². The molecule has 2 N–H and O–H groups in total. The van der Waals surface area contributed by atoms with Crippen LogP contribution in [0.15, 0.2) is 84.9 Å². The third-order valence-corrected chi connectivity index (χ3v) is 5.55. The number of carbonyl (C=O) groups is 2. The maximum Gasteiger partial charge on any atom is 0.251 e. The highest BCUT2D eigenvalue weighted by Crippen LogP contribution is 2.28. The van der Waals surface area contributed by atoms with Gasteiger partial charge in [-0.1, -0.05) is 60.7 Å². The van der Waals surface area contributed by atoms with Crippen LogP contribution >= 0.6 is 0 Å². The Bertz CT molecular complexity index is 1020. The van der Waals surface area contributed by atoms with E-state index < -0.39 is 6.04 Å². The van der Waals surface area contributed by atoms with Crippen LogP contribution in [-0.4, -0.2) is 30.9 Å². The minimum Gasteiger partial charge on any atom is -0.370 e. The van der Waals surface area contributed by atoms with E-state index in [1.165, 1.54) is 0 Å². The van der Waals surface area contributed by atoms with Gasteiger partial charge in [-0.15, -0.1) is 0 Å². The number of para-hydroxylation sites is 2. The van der Waals surface area contributed by atoms with E-state index in [1.807, 2.05) is 72.8 Å². The average molecular weight is 414 g/mol. The smallest absolute Gasteiger partial charge is 0.251 e. The van der Waals surface area contributed by atoms with Crippen LogP contribution in [0.3, 0.4) is 0 Å². The normalized spacial score (nSPS) is 14.1. The maximum absolute atomic E-state index is 13.3. The van der Waals surface area contributed by atoms with Gasteiger partial charge in [0, 0.05) is 25.1 Å². The first-order chi connectivity index (χ1) is 15.2. The molecule has 1 aliphatic heterocycles. The molecule has 3 aromatic carbocycles. The summed E-state index contributed by atoms with van der Waals surface area (Å²) in [4.78, 5) is 28.4. The predicted molar refractivity (Wildman–Crippen MR) is 124 cm³/mol. The molecule has 5 heteroatoms. The molecule has 2 amide bonds. The summed E-state index contributed by atoms with van der Waals surface area (Å²) in [5.74, 6) is -0.482. The highest BCUT2D eigenvalue weighted by molar-refractivity contribution is 6.02. The molecular weight excluding hydrogens is 386 g/mol. The van der Waals surface area contributed by atoms with E-state index in [4.69, 9.17) is 0 Å². The van der Waals surface area contributed by atoms with Gasteiger partial charge in [0.15, 0.2) is 0 Å². The summed E-state index contributed by atoms with van der Waals surface area (Å²) in [6.07, 6.45) is 2.73. The monoisotopic (exact) mass is 413 g/mol. The van der Waals surface area contributed by atoms with Crippen molar-refractivity contribution in [3.05, 3.63) is 96.1 Å². The van der Waals surface area contributed by atoms with Crippen LogP contribution in [-0.2, 0) is 11.2 Å². The van der Waals surface area contributed by atoms with E-state index in [0.29, 0.717) is 12.0 Å². The molecule has 158 valence electrons. The SMILES string of the molecule is O=C(NC(Cc1ccccc1)C(=O)Nc1ccccc1N1CCCC1)c1ccccc1. The van der Waals surface area contributed by atoms with E-state index in [1.54, 1.807) is 12.1 Å². The fourth-order valence-electron chi connectivity index (χ4n) is 3.92. The fraction of sp³-hybridized carbons (Fsp3) is 0.231. The van der Waals surface area contributed by atoms with Crippen LogP contribution in [0.25, 0.3) is 0 Å². The quantitative estimate of drug-likeness (QED) is 0.608. The van der Waals surface area contributed by atoms with Gasteiger partial charge in [-0.3, -0.25) is 9.59 Å². The van der Waals surface area contributed by atoms with Crippen LogP contribution in [0, 0.1) is 0 Å². The van der Waals surface area contributed by atoms with Crippen LogP contribution in [0.2, 0.25) is 0 Å². The molecule has 0 bridgehead atoms. The van der Waals surface area contributed by atoms with Gasteiger partial charge in [0.2, 0.25) is 5.91 Å². The fourth-order valence-corrected chi connectivity index (χ4v) is 3.92. The average Bonchev–Trinajstić information content (AvgIpc) is 3.35. The van der Waals surface area contributed by atoms with Crippen LogP contribution in [0.1, 0.15) is 28.8 Å². The molecule has 31 heavy (non-hydrogen) atoms. The number of hydrogen-bond acceptors (Lipinski definition) is 3. The van der Waals surface area contributed by atoms with Gasteiger partial charge >= 0.3 is 0 Å². The molecule has 1 saturated heterocycles. The Balaban J connectivity index is 1.54. The first kappa shape index (κ1) is 20.7. The molecule has 3 aromatic rings. The van der Waals surface area contributed by atoms with Gasteiger partial charge in [-0.2, -0.15) is 0 Å². The van der Waals surface area contributed by atoms with E-state index in [-0.39, 0.29) is 11.8 Å². The van der Waals surface area contributed by atoms with Crippen molar-refractivity contribution in [1.82, 2.24) is 5.32 Å². The summed E-state index contributed by atoms with van der Waals surface area (Å²) in [5.41, 5.74) is 3.33. The van der Waals surface area contributed by atoms with Gasteiger partial charge in [0.05, 0.1) is 11.4 Å². The lowest BCUT2D eigenvalue weighted by molar-refractivity contribution is -0.118. The van der Waals surface area contributed by atoms with Crippen molar-refractivity contribution in [3.8, 4) is 0 Å². The molecule has 5 nitrogen and oxygen atoms in total. The van der Waals surface area contributed by atoms with Crippen molar-refractivity contribution < 1.29 is 9.59 Å². The molecule has 4 rings (SSSR count). The number of carbonyl (C=O) groups excluding carboxylic acids is 2. The first-order valence-corrected chi connectivity index (χ1v) is 10.8. The zero-order valence-electron chi connectivity index (χ0n) is 17.5. The molecule has 1 fully saturated rings. The number of nitrogens with one attached hydrogen (secondary N) is 2. The summed E-state index contributed by atoms with van der Waals surface area (Å²) >= 11 is 0. The first-order valence-electron chi connectivity index (χ1n) is 10.8. The highest BCUT2D eigenvalue weighted by atomic mass is 16.2. The third-order valence-electron chi connectivity index (χ3n) is 5.55. The number of benzene rings is 3. The van der Waals surface area contributed by atoms with Crippen molar-refractivity contribution in [2.75, 3.05) is 23.3 Å². The molecule has 1 unspecified atom stereocenters.